The highest BCUT2D eigenvalue weighted by Crippen LogP contribution is 2.20. The zero-order valence-electron chi connectivity index (χ0n) is 8.24. The van der Waals surface area contributed by atoms with Crippen molar-refractivity contribution in [2.45, 2.75) is 4.90 Å². The van der Waals surface area contributed by atoms with Gasteiger partial charge in [-0.15, -0.1) is 0 Å². The summed E-state index contributed by atoms with van der Waals surface area (Å²) in [5.74, 6) is 0. The summed E-state index contributed by atoms with van der Waals surface area (Å²) in [6.07, 6.45) is 3.15. The van der Waals surface area contributed by atoms with Gasteiger partial charge in [-0.1, -0.05) is 0 Å². The van der Waals surface area contributed by atoms with E-state index in [-0.39, 0.29) is 4.90 Å². The number of sulfonamides is 1. The van der Waals surface area contributed by atoms with E-state index in [4.69, 9.17) is 10.9 Å². The number of hydrogen-bond donors (Lipinski definition) is 2. The van der Waals surface area contributed by atoms with Crippen LogP contribution in [-0.4, -0.2) is 18.2 Å². The van der Waals surface area contributed by atoms with E-state index in [0.717, 1.165) is 0 Å². The molecule has 0 spiro atoms. The van der Waals surface area contributed by atoms with Gasteiger partial charge in [-0.2, -0.15) is 5.10 Å². The van der Waals surface area contributed by atoms with Crippen molar-refractivity contribution in [3.05, 3.63) is 36.7 Å². The lowest BCUT2D eigenvalue weighted by atomic mass is 10.3. The lowest BCUT2D eigenvalue weighted by Gasteiger charge is -2.08. The first-order chi connectivity index (χ1) is 7.48. The van der Waals surface area contributed by atoms with E-state index in [2.05, 4.69) is 5.10 Å². The van der Waals surface area contributed by atoms with Crippen LogP contribution in [0.2, 0.25) is 0 Å². The largest absolute Gasteiger partial charge is 0.399 e. The minimum atomic E-state index is -3.79. The van der Waals surface area contributed by atoms with Crippen molar-refractivity contribution in [1.29, 1.82) is 0 Å². The highest BCUT2D eigenvalue weighted by Gasteiger charge is 2.15. The summed E-state index contributed by atoms with van der Waals surface area (Å²) in [7, 11) is -3.79. The Kier molecular flexibility index (Phi) is 2.41. The number of hydrogen-bond acceptors (Lipinski definition) is 4. The average molecular weight is 238 g/mol. The number of benzene rings is 1. The third-order valence-electron chi connectivity index (χ3n) is 2.04. The smallest absolute Gasteiger partial charge is 0.240 e. The molecule has 16 heavy (non-hydrogen) atoms. The molecule has 4 N–H and O–H groups in total. The standard InChI is InChI=1S/C9H10N4O2S/c10-7-2-3-9(16(11,14)15)8(6-7)13-5-1-4-12-13/h1-6H,10H2,(H2,11,14,15). The first kappa shape index (κ1) is 10.7. The lowest BCUT2D eigenvalue weighted by Crippen LogP contribution is -2.15. The Bertz CT molecular complexity index is 604. The molecule has 0 amide bonds. The van der Waals surface area contributed by atoms with E-state index in [1.165, 1.54) is 29.1 Å². The maximum Gasteiger partial charge on any atom is 0.240 e. The SMILES string of the molecule is Nc1ccc(S(N)(=O)=O)c(-n2cccn2)c1. The number of rotatable bonds is 2. The van der Waals surface area contributed by atoms with Gasteiger partial charge in [-0.25, -0.2) is 18.2 Å². The Labute approximate surface area is 92.5 Å². The van der Waals surface area contributed by atoms with Gasteiger partial charge in [0.2, 0.25) is 10.0 Å². The van der Waals surface area contributed by atoms with Crippen molar-refractivity contribution in [3.63, 3.8) is 0 Å². The molecule has 0 fully saturated rings. The summed E-state index contributed by atoms with van der Waals surface area (Å²) >= 11 is 0. The Morgan fingerprint density at radius 2 is 2.06 bits per heavy atom. The van der Waals surface area contributed by atoms with Crippen LogP contribution in [-0.2, 0) is 10.0 Å². The molecular formula is C9H10N4O2S. The number of aromatic nitrogens is 2. The predicted octanol–water partition coefficient (Wildman–Crippen LogP) is 0.102. The van der Waals surface area contributed by atoms with Crippen molar-refractivity contribution in [2.75, 3.05) is 5.73 Å². The summed E-state index contributed by atoms with van der Waals surface area (Å²) in [6.45, 7) is 0. The van der Waals surface area contributed by atoms with E-state index in [1.807, 2.05) is 0 Å². The minimum absolute atomic E-state index is 0.00889. The van der Waals surface area contributed by atoms with Crippen LogP contribution in [0.4, 0.5) is 5.69 Å². The summed E-state index contributed by atoms with van der Waals surface area (Å²) in [6, 6.07) is 6.03. The van der Waals surface area contributed by atoms with Gasteiger partial charge < -0.3 is 5.73 Å². The van der Waals surface area contributed by atoms with Crippen molar-refractivity contribution in [1.82, 2.24) is 9.78 Å². The number of primary sulfonamides is 1. The molecular weight excluding hydrogens is 228 g/mol. The second kappa shape index (κ2) is 3.62. The van der Waals surface area contributed by atoms with Gasteiger partial charge in [0, 0.05) is 18.1 Å². The fourth-order valence-corrected chi connectivity index (χ4v) is 2.07. The number of anilines is 1. The molecule has 1 heterocycles. The van der Waals surface area contributed by atoms with Gasteiger partial charge in [0.25, 0.3) is 0 Å². The van der Waals surface area contributed by atoms with Gasteiger partial charge in [0.05, 0.1) is 5.69 Å². The summed E-state index contributed by atoms with van der Waals surface area (Å²) in [5, 5.41) is 9.05. The first-order valence-corrected chi connectivity index (χ1v) is 5.95. The molecule has 0 atom stereocenters. The van der Waals surface area contributed by atoms with Crippen LogP contribution in [0.1, 0.15) is 0 Å². The summed E-state index contributed by atoms with van der Waals surface area (Å²) in [5.41, 5.74) is 6.38. The molecule has 0 aliphatic rings. The summed E-state index contributed by atoms with van der Waals surface area (Å²) < 4.78 is 24.1. The highest BCUT2D eigenvalue weighted by molar-refractivity contribution is 7.89. The van der Waals surface area contributed by atoms with Crippen LogP contribution in [0.3, 0.4) is 0 Å². The molecule has 0 saturated carbocycles. The molecule has 7 heteroatoms. The Morgan fingerprint density at radius 3 is 2.62 bits per heavy atom. The van der Waals surface area contributed by atoms with Gasteiger partial charge in [-0.05, 0) is 24.3 Å². The summed E-state index contributed by atoms with van der Waals surface area (Å²) in [4.78, 5) is -0.00889. The van der Waals surface area contributed by atoms with E-state index >= 15 is 0 Å². The zero-order valence-corrected chi connectivity index (χ0v) is 9.05. The van der Waals surface area contributed by atoms with Crippen molar-refractivity contribution >= 4 is 15.7 Å². The van der Waals surface area contributed by atoms with E-state index < -0.39 is 10.0 Å². The van der Waals surface area contributed by atoms with E-state index in [0.29, 0.717) is 11.4 Å². The minimum Gasteiger partial charge on any atom is -0.399 e. The number of nitrogens with zero attached hydrogens (tertiary/aromatic N) is 2. The quantitative estimate of drug-likeness (QED) is 0.724. The molecule has 0 aliphatic heterocycles. The second-order valence-corrected chi connectivity index (χ2v) is 4.75. The van der Waals surface area contributed by atoms with E-state index in [1.54, 1.807) is 12.3 Å². The molecule has 2 rings (SSSR count). The third-order valence-corrected chi connectivity index (χ3v) is 3.00. The van der Waals surface area contributed by atoms with Crippen LogP contribution in [0.25, 0.3) is 5.69 Å². The number of nitrogens with two attached hydrogens (primary N) is 2. The maximum atomic E-state index is 11.4. The average Bonchev–Trinajstić information content (AvgIpc) is 2.68. The predicted molar refractivity (Wildman–Crippen MR) is 59.3 cm³/mol. The normalized spacial score (nSPS) is 11.6. The molecule has 1 aromatic heterocycles. The van der Waals surface area contributed by atoms with Crippen molar-refractivity contribution in [2.24, 2.45) is 5.14 Å². The number of nitrogen functional groups attached to an aromatic ring is 1. The van der Waals surface area contributed by atoms with E-state index in [9.17, 15) is 8.42 Å². The topological polar surface area (TPSA) is 104 Å². The fraction of sp³-hybridized carbons (Fsp3) is 0. The van der Waals surface area contributed by atoms with Crippen LogP contribution < -0.4 is 10.9 Å². The maximum absolute atomic E-state index is 11.4. The molecule has 6 nitrogen and oxygen atoms in total. The fourth-order valence-electron chi connectivity index (χ4n) is 1.37. The highest BCUT2D eigenvalue weighted by atomic mass is 32.2. The molecule has 1 aromatic carbocycles. The van der Waals surface area contributed by atoms with Crippen LogP contribution in [0.5, 0.6) is 0 Å². The van der Waals surface area contributed by atoms with Crippen LogP contribution >= 0.6 is 0 Å². The third kappa shape index (κ3) is 1.90. The monoisotopic (exact) mass is 238 g/mol. The molecule has 84 valence electrons. The van der Waals surface area contributed by atoms with Gasteiger partial charge in [0.15, 0.2) is 0 Å². The molecule has 0 unspecified atom stereocenters. The Morgan fingerprint density at radius 1 is 1.31 bits per heavy atom. The van der Waals surface area contributed by atoms with Crippen LogP contribution in [0.15, 0.2) is 41.6 Å². The molecule has 0 saturated heterocycles. The lowest BCUT2D eigenvalue weighted by molar-refractivity contribution is 0.596. The molecule has 0 aliphatic carbocycles. The Hall–Kier alpha value is -1.86. The molecule has 2 aromatic rings. The van der Waals surface area contributed by atoms with Gasteiger partial charge >= 0.3 is 0 Å². The zero-order chi connectivity index (χ0) is 11.8. The van der Waals surface area contributed by atoms with Gasteiger partial charge in [0.1, 0.15) is 4.90 Å². The molecule has 0 radical (unpaired) electrons. The van der Waals surface area contributed by atoms with Crippen molar-refractivity contribution in [3.8, 4) is 5.69 Å². The molecule has 0 bridgehead atoms. The van der Waals surface area contributed by atoms with Crippen molar-refractivity contribution < 1.29 is 8.42 Å². The Balaban J connectivity index is 2.73. The second-order valence-electron chi connectivity index (χ2n) is 3.22. The first-order valence-electron chi connectivity index (χ1n) is 4.41. The van der Waals surface area contributed by atoms with Crippen LogP contribution in [0, 0.1) is 0 Å². The van der Waals surface area contributed by atoms with Gasteiger partial charge in [-0.3, -0.25) is 0 Å².